The first kappa shape index (κ1) is 19.0. The van der Waals surface area contributed by atoms with Crippen LogP contribution in [0.4, 0.5) is 0 Å². The minimum atomic E-state index is -0.223. The maximum absolute atomic E-state index is 11.9. The summed E-state index contributed by atoms with van der Waals surface area (Å²) in [5.41, 5.74) is 2.72. The number of carbonyl (C=O) groups is 2. The Hall–Kier alpha value is -2.34. The molecular formula is C19H21BrN2O3. The van der Waals surface area contributed by atoms with E-state index < -0.39 is 0 Å². The summed E-state index contributed by atoms with van der Waals surface area (Å²) in [4.78, 5) is 23.7. The Morgan fingerprint density at radius 2 is 1.68 bits per heavy atom. The molecule has 0 heterocycles. The predicted octanol–water partition coefficient (Wildman–Crippen LogP) is 2.99. The smallest absolute Gasteiger partial charge is 0.258 e. The number of nitrogens with one attached hydrogen (secondary N) is 2. The van der Waals surface area contributed by atoms with E-state index in [2.05, 4.69) is 26.6 Å². The van der Waals surface area contributed by atoms with Gasteiger partial charge in [0, 0.05) is 23.1 Å². The van der Waals surface area contributed by atoms with Crippen LogP contribution in [0, 0.1) is 13.8 Å². The zero-order chi connectivity index (χ0) is 18.2. The van der Waals surface area contributed by atoms with Crippen LogP contribution in [0.3, 0.4) is 0 Å². The topological polar surface area (TPSA) is 67.4 Å². The van der Waals surface area contributed by atoms with Crippen LogP contribution in [0.25, 0.3) is 0 Å². The molecule has 0 fully saturated rings. The summed E-state index contributed by atoms with van der Waals surface area (Å²) in [5.74, 6) is 0.311. The fourth-order valence-electron chi connectivity index (χ4n) is 2.16. The SMILES string of the molecule is Cc1cccc(OCC(=O)NCCNC(=O)c2ccc(Br)cc2)c1C. The number of hydrogen-bond donors (Lipinski definition) is 2. The first-order valence-corrected chi connectivity index (χ1v) is 8.76. The van der Waals surface area contributed by atoms with Gasteiger partial charge in [0.25, 0.3) is 11.8 Å². The maximum atomic E-state index is 11.9. The molecule has 0 spiro atoms. The molecule has 0 aliphatic heterocycles. The number of benzene rings is 2. The number of amides is 2. The van der Waals surface area contributed by atoms with Crippen LogP contribution in [-0.2, 0) is 4.79 Å². The largest absolute Gasteiger partial charge is 0.483 e. The summed E-state index contributed by atoms with van der Waals surface area (Å²) in [5, 5.41) is 5.47. The van der Waals surface area contributed by atoms with Crippen LogP contribution >= 0.6 is 15.9 Å². The molecule has 5 nitrogen and oxygen atoms in total. The van der Waals surface area contributed by atoms with E-state index in [9.17, 15) is 9.59 Å². The molecule has 0 aliphatic carbocycles. The van der Waals surface area contributed by atoms with Gasteiger partial charge in [0.05, 0.1) is 0 Å². The van der Waals surface area contributed by atoms with Gasteiger partial charge >= 0.3 is 0 Å². The van der Waals surface area contributed by atoms with Crippen molar-refractivity contribution in [3.63, 3.8) is 0 Å². The first-order valence-electron chi connectivity index (χ1n) is 7.97. The van der Waals surface area contributed by atoms with Gasteiger partial charge in [0.2, 0.25) is 0 Å². The Balaban J connectivity index is 1.67. The molecule has 0 unspecified atom stereocenters. The van der Waals surface area contributed by atoms with Crippen molar-refractivity contribution in [1.29, 1.82) is 0 Å². The van der Waals surface area contributed by atoms with E-state index in [4.69, 9.17) is 4.74 Å². The van der Waals surface area contributed by atoms with Gasteiger partial charge < -0.3 is 15.4 Å². The number of carbonyl (C=O) groups excluding carboxylic acids is 2. The molecule has 0 atom stereocenters. The Morgan fingerprint density at radius 3 is 2.40 bits per heavy atom. The number of ether oxygens (including phenoxy) is 1. The van der Waals surface area contributed by atoms with E-state index in [1.54, 1.807) is 24.3 Å². The standard InChI is InChI=1S/C19H21BrN2O3/c1-13-4-3-5-17(14(13)2)25-12-18(23)21-10-11-22-19(24)15-6-8-16(20)9-7-15/h3-9H,10-12H2,1-2H3,(H,21,23)(H,22,24). The number of rotatable bonds is 7. The van der Waals surface area contributed by atoms with Crippen molar-refractivity contribution in [1.82, 2.24) is 10.6 Å². The average molecular weight is 405 g/mol. The van der Waals surface area contributed by atoms with Crippen LogP contribution in [-0.4, -0.2) is 31.5 Å². The third kappa shape index (κ3) is 5.90. The molecule has 0 aliphatic rings. The van der Waals surface area contributed by atoms with Crippen molar-refractivity contribution in [3.05, 3.63) is 63.6 Å². The Bertz CT molecular complexity index is 745. The van der Waals surface area contributed by atoms with Crippen LogP contribution < -0.4 is 15.4 Å². The Morgan fingerprint density at radius 1 is 1.00 bits per heavy atom. The fourth-order valence-corrected chi connectivity index (χ4v) is 2.42. The molecule has 2 rings (SSSR count). The van der Waals surface area contributed by atoms with Crippen LogP contribution in [0.5, 0.6) is 5.75 Å². The van der Waals surface area contributed by atoms with Crippen molar-refractivity contribution in [2.45, 2.75) is 13.8 Å². The van der Waals surface area contributed by atoms with Gasteiger partial charge in [-0.15, -0.1) is 0 Å². The maximum Gasteiger partial charge on any atom is 0.258 e. The highest BCUT2D eigenvalue weighted by atomic mass is 79.9. The first-order chi connectivity index (χ1) is 12.0. The summed E-state index contributed by atoms with van der Waals surface area (Å²) in [7, 11) is 0. The van der Waals surface area contributed by atoms with Gasteiger partial charge in [-0.25, -0.2) is 0 Å². The molecule has 2 N–H and O–H groups in total. The molecule has 25 heavy (non-hydrogen) atoms. The minimum absolute atomic E-state index is 0.0506. The third-order valence-electron chi connectivity index (χ3n) is 3.75. The predicted molar refractivity (Wildman–Crippen MR) is 101 cm³/mol. The van der Waals surface area contributed by atoms with Crippen LogP contribution in [0.1, 0.15) is 21.5 Å². The van der Waals surface area contributed by atoms with E-state index in [0.29, 0.717) is 24.4 Å². The normalized spacial score (nSPS) is 10.2. The van der Waals surface area contributed by atoms with Gasteiger partial charge in [0.15, 0.2) is 6.61 Å². The Labute approximate surface area is 155 Å². The zero-order valence-electron chi connectivity index (χ0n) is 14.3. The molecular weight excluding hydrogens is 384 g/mol. The Kier molecular flexibility index (Phi) is 7.01. The number of aryl methyl sites for hydroxylation is 1. The second-order valence-corrected chi connectivity index (χ2v) is 6.52. The van der Waals surface area contributed by atoms with Crippen molar-refractivity contribution >= 4 is 27.7 Å². The van der Waals surface area contributed by atoms with Gasteiger partial charge in [-0.1, -0.05) is 28.1 Å². The highest BCUT2D eigenvalue weighted by molar-refractivity contribution is 9.10. The van der Waals surface area contributed by atoms with Gasteiger partial charge in [-0.3, -0.25) is 9.59 Å². The minimum Gasteiger partial charge on any atom is -0.483 e. The molecule has 6 heteroatoms. The highest BCUT2D eigenvalue weighted by Crippen LogP contribution is 2.20. The number of halogens is 1. The fraction of sp³-hybridized carbons (Fsp3) is 0.263. The molecule has 0 saturated heterocycles. The van der Waals surface area contributed by atoms with E-state index in [-0.39, 0.29) is 18.4 Å². The lowest BCUT2D eigenvalue weighted by Gasteiger charge is -2.11. The summed E-state index contributed by atoms with van der Waals surface area (Å²) in [6, 6.07) is 12.8. The van der Waals surface area contributed by atoms with Gasteiger partial charge in [-0.05, 0) is 55.3 Å². The molecule has 0 bridgehead atoms. The molecule has 2 amide bonds. The molecule has 0 radical (unpaired) electrons. The molecule has 0 saturated carbocycles. The van der Waals surface area contributed by atoms with Gasteiger partial charge in [0.1, 0.15) is 5.75 Å². The second kappa shape index (κ2) is 9.22. The summed E-state index contributed by atoms with van der Waals surface area (Å²) in [6.07, 6.45) is 0. The summed E-state index contributed by atoms with van der Waals surface area (Å²) < 4.78 is 6.45. The average Bonchev–Trinajstić information content (AvgIpc) is 2.60. The zero-order valence-corrected chi connectivity index (χ0v) is 15.9. The van der Waals surface area contributed by atoms with Crippen molar-refractivity contribution in [2.75, 3.05) is 19.7 Å². The molecule has 2 aromatic carbocycles. The lowest BCUT2D eigenvalue weighted by molar-refractivity contribution is -0.123. The third-order valence-corrected chi connectivity index (χ3v) is 4.28. The number of hydrogen-bond acceptors (Lipinski definition) is 3. The van der Waals surface area contributed by atoms with Crippen LogP contribution in [0.15, 0.2) is 46.9 Å². The summed E-state index contributed by atoms with van der Waals surface area (Å²) in [6.45, 7) is 4.60. The lowest BCUT2D eigenvalue weighted by Crippen LogP contribution is -2.36. The summed E-state index contributed by atoms with van der Waals surface area (Å²) >= 11 is 3.32. The van der Waals surface area contributed by atoms with Crippen LogP contribution in [0.2, 0.25) is 0 Å². The van der Waals surface area contributed by atoms with E-state index >= 15 is 0 Å². The quantitative estimate of drug-likeness (QED) is 0.696. The van der Waals surface area contributed by atoms with Crippen molar-refractivity contribution in [2.24, 2.45) is 0 Å². The van der Waals surface area contributed by atoms with E-state index in [1.165, 1.54) is 0 Å². The highest BCUT2D eigenvalue weighted by Gasteiger charge is 2.07. The molecule has 132 valence electrons. The van der Waals surface area contributed by atoms with Crippen molar-refractivity contribution < 1.29 is 14.3 Å². The van der Waals surface area contributed by atoms with E-state index in [1.807, 2.05) is 32.0 Å². The van der Waals surface area contributed by atoms with Crippen molar-refractivity contribution in [3.8, 4) is 5.75 Å². The lowest BCUT2D eigenvalue weighted by atomic mass is 10.1. The van der Waals surface area contributed by atoms with E-state index in [0.717, 1.165) is 15.6 Å². The molecule has 0 aromatic heterocycles. The molecule has 2 aromatic rings. The second-order valence-electron chi connectivity index (χ2n) is 5.60. The van der Waals surface area contributed by atoms with Gasteiger partial charge in [-0.2, -0.15) is 0 Å². The monoisotopic (exact) mass is 404 g/mol.